The molecule has 1 aliphatic rings. The van der Waals surface area contributed by atoms with Gasteiger partial charge in [-0.05, 0) is 55.0 Å². The van der Waals surface area contributed by atoms with Gasteiger partial charge < -0.3 is 9.47 Å². The molecule has 3 aromatic rings. The lowest BCUT2D eigenvalue weighted by molar-refractivity contribution is 0.322. The normalized spacial score (nSPS) is 16.7. The fourth-order valence-corrected chi connectivity index (χ4v) is 4.59. The van der Waals surface area contributed by atoms with Crippen LogP contribution in [-0.2, 0) is 0 Å². The Morgan fingerprint density at radius 3 is 2.34 bits per heavy atom. The van der Waals surface area contributed by atoms with Gasteiger partial charge in [-0.15, -0.1) is 11.3 Å². The smallest absolute Gasteiger partial charge is 0.305 e. The van der Waals surface area contributed by atoms with Crippen molar-refractivity contribution in [1.82, 2.24) is 0 Å². The topological polar surface area (TPSA) is 18.5 Å². The fourth-order valence-electron chi connectivity index (χ4n) is 3.43. The minimum atomic E-state index is -2.07. The number of allylic oxidation sites excluding steroid dienone is 1. The van der Waals surface area contributed by atoms with Gasteiger partial charge in [-0.3, -0.25) is 0 Å². The Morgan fingerprint density at radius 2 is 1.72 bits per heavy atom. The van der Waals surface area contributed by atoms with Crippen LogP contribution in [0.5, 0.6) is 11.5 Å². The molecule has 1 heterocycles. The van der Waals surface area contributed by atoms with E-state index >= 15 is 4.39 Å². The van der Waals surface area contributed by atoms with Gasteiger partial charge in [0.05, 0.1) is 9.40 Å². The number of thiophene rings is 1. The van der Waals surface area contributed by atoms with Crippen LogP contribution in [0.2, 0.25) is 0 Å². The van der Waals surface area contributed by atoms with Gasteiger partial charge in [-0.1, -0.05) is 13.0 Å². The highest BCUT2D eigenvalue weighted by Crippen LogP contribution is 2.42. The Bertz CT molecular complexity index is 1130. The zero-order chi connectivity index (χ0) is 20.5. The minimum absolute atomic E-state index is 0.114. The summed E-state index contributed by atoms with van der Waals surface area (Å²) in [5.74, 6) is -0.921. The van der Waals surface area contributed by atoms with Crippen LogP contribution < -0.4 is 9.47 Å². The maximum absolute atomic E-state index is 15.0. The first-order chi connectivity index (χ1) is 13.9. The SMILES string of the molecule is CC1CC=C(COc2ccc3c(sc4c(F)c(OC=C(F)F)ccc43)c2F)CC1. The quantitative estimate of drug-likeness (QED) is 0.240. The second-order valence-corrected chi connectivity index (χ2v) is 8.19. The van der Waals surface area contributed by atoms with Crippen LogP contribution in [0.1, 0.15) is 26.2 Å². The summed E-state index contributed by atoms with van der Waals surface area (Å²) in [4.78, 5) is 0. The van der Waals surface area contributed by atoms with Crippen molar-refractivity contribution in [3.63, 3.8) is 0 Å². The largest absolute Gasteiger partial charge is 0.486 e. The predicted octanol–water partition coefficient (Wildman–Crippen LogP) is 7.57. The van der Waals surface area contributed by atoms with Gasteiger partial charge in [-0.25, -0.2) is 8.78 Å². The van der Waals surface area contributed by atoms with Gasteiger partial charge in [-0.2, -0.15) is 8.78 Å². The van der Waals surface area contributed by atoms with Crippen molar-refractivity contribution in [2.75, 3.05) is 6.61 Å². The third-order valence-corrected chi connectivity index (χ3v) is 6.28. The molecule has 7 heteroatoms. The van der Waals surface area contributed by atoms with Gasteiger partial charge in [0.1, 0.15) is 6.61 Å². The average molecular weight is 422 g/mol. The summed E-state index contributed by atoms with van der Waals surface area (Å²) in [7, 11) is 0. The molecule has 0 saturated heterocycles. The van der Waals surface area contributed by atoms with Crippen LogP contribution in [-0.4, -0.2) is 6.61 Å². The lowest BCUT2D eigenvalue weighted by Gasteiger charge is -2.18. The van der Waals surface area contributed by atoms with Crippen molar-refractivity contribution in [1.29, 1.82) is 0 Å². The van der Waals surface area contributed by atoms with E-state index in [0.717, 1.165) is 36.2 Å². The van der Waals surface area contributed by atoms with Crippen molar-refractivity contribution in [2.24, 2.45) is 5.92 Å². The average Bonchev–Trinajstić information content (AvgIpc) is 3.08. The highest BCUT2D eigenvalue weighted by Gasteiger charge is 2.19. The number of fused-ring (bicyclic) bond motifs is 3. The molecule has 152 valence electrons. The van der Waals surface area contributed by atoms with Crippen molar-refractivity contribution >= 4 is 31.5 Å². The summed E-state index contributed by atoms with van der Waals surface area (Å²) in [5.41, 5.74) is 1.15. The molecule has 0 spiro atoms. The zero-order valence-corrected chi connectivity index (χ0v) is 16.4. The zero-order valence-electron chi connectivity index (χ0n) is 15.6. The third-order valence-electron chi connectivity index (χ3n) is 5.07. The van der Waals surface area contributed by atoms with Crippen LogP contribution >= 0.6 is 11.3 Å². The van der Waals surface area contributed by atoms with Gasteiger partial charge in [0.25, 0.3) is 0 Å². The number of ether oxygens (including phenoxy) is 2. The van der Waals surface area contributed by atoms with E-state index in [4.69, 9.17) is 4.74 Å². The van der Waals surface area contributed by atoms with Crippen LogP contribution in [0.15, 0.2) is 48.3 Å². The van der Waals surface area contributed by atoms with E-state index in [-0.39, 0.29) is 27.2 Å². The molecule has 29 heavy (non-hydrogen) atoms. The highest BCUT2D eigenvalue weighted by atomic mass is 32.1. The Labute approximate surface area is 169 Å². The van der Waals surface area contributed by atoms with Crippen LogP contribution in [0.4, 0.5) is 17.6 Å². The van der Waals surface area contributed by atoms with E-state index in [9.17, 15) is 13.2 Å². The first-order valence-electron chi connectivity index (χ1n) is 9.25. The molecule has 1 unspecified atom stereocenters. The van der Waals surface area contributed by atoms with Gasteiger partial charge in [0.2, 0.25) is 0 Å². The Hall–Kier alpha value is -2.54. The van der Waals surface area contributed by atoms with E-state index < -0.39 is 17.7 Å². The first kappa shape index (κ1) is 19.8. The molecule has 0 aliphatic heterocycles. The molecule has 0 saturated carbocycles. The Kier molecular flexibility index (Phi) is 5.50. The van der Waals surface area contributed by atoms with Gasteiger partial charge in [0.15, 0.2) is 29.4 Å². The standard InChI is InChI=1S/C22H18F4O2S/c1-12-2-4-13(5-3-12)10-27-16-8-6-14-15-7-9-17(28-11-18(23)24)20(26)22(15)29-21(14)19(16)25/h4,6-9,11-12H,2-3,5,10H2,1H3. The van der Waals surface area contributed by atoms with Gasteiger partial charge >= 0.3 is 6.08 Å². The molecule has 1 aliphatic carbocycles. The maximum Gasteiger partial charge on any atom is 0.305 e. The van der Waals surface area contributed by atoms with Crippen molar-refractivity contribution < 1.29 is 27.0 Å². The summed E-state index contributed by atoms with van der Waals surface area (Å²) in [6, 6.07) is 6.01. The molecular weight excluding hydrogens is 404 g/mol. The summed E-state index contributed by atoms with van der Waals surface area (Å²) >= 11 is 0.906. The molecule has 2 aromatic carbocycles. The number of hydrogen-bond acceptors (Lipinski definition) is 3. The van der Waals surface area contributed by atoms with E-state index in [1.807, 2.05) is 0 Å². The molecule has 0 fully saturated rings. The fraction of sp³-hybridized carbons (Fsp3) is 0.273. The lowest BCUT2D eigenvalue weighted by Crippen LogP contribution is -2.08. The molecule has 2 nitrogen and oxygen atoms in total. The van der Waals surface area contributed by atoms with Crippen molar-refractivity contribution in [3.8, 4) is 11.5 Å². The second-order valence-electron chi connectivity index (χ2n) is 7.17. The third kappa shape index (κ3) is 3.96. The Morgan fingerprint density at radius 1 is 1.07 bits per heavy atom. The molecule has 4 rings (SSSR count). The number of rotatable bonds is 5. The molecule has 0 radical (unpaired) electrons. The molecular formula is C22H18F4O2S. The highest BCUT2D eigenvalue weighted by molar-refractivity contribution is 7.25. The summed E-state index contributed by atoms with van der Waals surface area (Å²) in [5, 5.41) is 1.03. The van der Waals surface area contributed by atoms with Gasteiger partial charge in [0, 0.05) is 10.8 Å². The summed E-state index contributed by atoms with van der Waals surface area (Å²) in [6.45, 7) is 2.52. The van der Waals surface area contributed by atoms with Crippen LogP contribution in [0.25, 0.3) is 20.2 Å². The molecule has 0 bridgehead atoms. The van der Waals surface area contributed by atoms with E-state index in [0.29, 0.717) is 23.3 Å². The summed E-state index contributed by atoms with van der Waals surface area (Å²) < 4.78 is 64.8. The maximum atomic E-state index is 15.0. The van der Waals surface area contributed by atoms with E-state index in [1.165, 1.54) is 12.1 Å². The molecule has 1 aromatic heterocycles. The van der Waals surface area contributed by atoms with Crippen LogP contribution in [0.3, 0.4) is 0 Å². The number of benzene rings is 2. The van der Waals surface area contributed by atoms with E-state index in [2.05, 4.69) is 17.7 Å². The second kappa shape index (κ2) is 8.06. The van der Waals surface area contributed by atoms with Crippen molar-refractivity contribution in [3.05, 3.63) is 59.9 Å². The molecule has 0 amide bonds. The van der Waals surface area contributed by atoms with E-state index in [1.54, 1.807) is 12.1 Å². The number of hydrogen-bond donors (Lipinski definition) is 0. The summed E-state index contributed by atoms with van der Waals surface area (Å²) in [6.07, 6.45) is 3.28. The minimum Gasteiger partial charge on any atom is -0.486 e. The Balaban J connectivity index is 1.66. The number of halogens is 4. The predicted molar refractivity (Wildman–Crippen MR) is 107 cm³/mol. The van der Waals surface area contributed by atoms with Crippen molar-refractivity contribution in [2.45, 2.75) is 26.2 Å². The molecule has 1 atom stereocenters. The first-order valence-corrected chi connectivity index (χ1v) is 10.1. The monoisotopic (exact) mass is 422 g/mol. The molecule has 0 N–H and O–H groups in total. The lowest BCUT2D eigenvalue weighted by atomic mass is 9.91. The van der Waals surface area contributed by atoms with Crippen LogP contribution in [0, 0.1) is 17.6 Å².